The largest absolute Gasteiger partial charge is 0.322 e. The molecule has 0 saturated carbocycles. The van der Waals surface area contributed by atoms with E-state index < -0.39 is 0 Å². The number of halogens is 1. The van der Waals surface area contributed by atoms with Crippen LogP contribution in [0.1, 0.15) is 24.4 Å². The number of carbonyl (C=O) groups is 1. The Hall–Kier alpha value is -2.59. The van der Waals surface area contributed by atoms with Gasteiger partial charge in [-0.05, 0) is 42.7 Å². The fraction of sp³-hybridized carbons (Fsp3) is 0.200. The summed E-state index contributed by atoms with van der Waals surface area (Å²) in [4.78, 5) is 18.9. The van der Waals surface area contributed by atoms with Crippen LogP contribution in [0.5, 0.6) is 0 Å². The van der Waals surface area contributed by atoms with Crippen molar-refractivity contribution in [2.24, 2.45) is 0 Å². The number of rotatable bonds is 2. The van der Waals surface area contributed by atoms with Crippen LogP contribution >= 0.6 is 11.6 Å². The number of nitrogens with zero attached hydrogens (tertiary/aromatic N) is 2. The lowest BCUT2D eigenvalue weighted by molar-refractivity contribution is 0.207. The summed E-state index contributed by atoms with van der Waals surface area (Å²) in [5.74, 6) is 0. The first kappa shape index (κ1) is 15.9. The maximum atomic E-state index is 12.9. The van der Waals surface area contributed by atoms with Gasteiger partial charge in [-0.25, -0.2) is 4.79 Å². The highest BCUT2D eigenvalue weighted by molar-refractivity contribution is 6.30. The van der Waals surface area contributed by atoms with Crippen molar-refractivity contribution in [1.29, 1.82) is 0 Å². The van der Waals surface area contributed by atoms with E-state index in [1.54, 1.807) is 12.4 Å². The van der Waals surface area contributed by atoms with Gasteiger partial charge < -0.3 is 10.2 Å². The number of anilines is 1. The summed E-state index contributed by atoms with van der Waals surface area (Å²) in [6.45, 7) is 0.745. The first-order valence-electron chi connectivity index (χ1n) is 8.38. The third-order valence-electron chi connectivity index (χ3n) is 4.67. The van der Waals surface area contributed by atoms with Crippen molar-refractivity contribution < 1.29 is 4.79 Å². The second-order valence-electron chi connectivity index (χ2n) is 6.24. The molecule has 1 aliphatic heterocycles. The molecule has 4 rings (SSSR count). The van der Waals surface area contributed by atoms with Gasteiger partial charge in [-0.1, -0.05) is 35.9 Å². The summed E-state index contributed by atoms with van der Waals surface area (Å²) < 4.78 is 0. The van der Waals surface area contributed by atoms with Gasteiger partial charge in [0.2, 0.25) is 0 Å². The molecule has 3 aromatic rings. The van der Waals surface area contributed by atoms with Gasteiger partial charge in [0.1, 0.15) is 0 Å². The molecular formula is C20H18ClN3O. The molecule has 5 heteroatoms. The Balaban J connectivity index is 1.59. The topological polar surface area (TPSA) is 45.2 Å². The molecule has 1 aliphatic rings. The van der Waals surface area contributed by atoms with E-state index in [2.05, 4.69) is 10.3 Å². The fourth-order valence-electron chi connectivity index (χ4n) is 3.49. The van der Waals surface area contributed by atoms with Crippen LogP contribution in [-0.2, 0) is 0 Å². The van der Waals surface area contributed by atoms with Gasteiger partial charge in [-0.2, -0.15) is 0 Å². The number of amides is 2. The third kappa shape index (κ3) is 3.17. The quantitative estimate of drug-likeness (QED) is 0.684. The molecule has 2 aromatic carbocycles. The standard InChI is InChI=1S/C20H18ClN3O/c21-16-6-1-4-14(12-16)19-8-3-11-24(19)20(25)23-18-7-2-5-15-13-22-10-9-17(15)18/h1-2,4-7,9-10,12-13,19H,3,8,11H2,(H,23,25)/t19-/m1/s1. The Labute approximate surface area is 151 Å². The molecule has 0 spiro atoms. The van der Waals surface area contributed by atoms with Crippen LogP contribution in [-0.4, -0.2) is 22.5 Å². The molecule has 0 unspecified atom stereocenters. The number of aromatic nitrogens is 1. The number of benzene rings is 2. The van der Waals surface area contributed by atoms with Crippen LogP contribution in [0.25, 0.3) is 10.8 Å². The lowest BCUT2D eigenvalue weighted by Crippen LogP contribution is -2.34. The summed E-state index contributed by atoms with van der Waals surface area (Å²) in [7, 11) is 0. The van der Waals surface area contributed by atoms with Crippen molar-refractivity contribution in [1.82, 2.24) is 9.88 Å². The normalized spacial score (nSPS) is 17.0. The van der Waals surface area contributed by atoms with Gasteiger partial charge in [-0.3, -0.25) is 4.98 Å². The number of nitrogens with one attached hydrogen (secondary N) is 1. The SMILES string of the molecule is O=C(Nc1cccc2cnccc12)N1CCC[C@@H]1c1cccc(Cl)c1. The van der Waals surface area contributed by atoms with E-state index in [9.17, 15) is 4.79 Å². The molecule has 126 valence electrons. The molecular weight excluding hydrogens is 334 g/mol. The first-order valence-corrected chi connectivity index (χ1v) is 8.76. The average Bonchev–Trinajstić information content (AvgIpc) is 3.12. The average molecular weight is 352 g/mol. The number of urea groups is 1. The van der Waals surface area contributed by atoms with Crippen LogP contribution < -0.4 is 5.32 Å². The monoisotopic (exact) mass is 351 g/mol. The predicted molar refractivity (Wildman–Crippen MR) is 101 cm³/mol. The molecule has 0 bridgehead atoms. The minimum Gasteiger partial charge on any atom is -0.317 e. The lowest BCUT2D eigenvalue weighted by Gasteiger charge is -2.25. The number of likely N-dealkylation sites (tertiary alicyclic amines) is 1. The molecule has 1 N–H and O–H groups in total. The Bertz CT molecular complexity index is 922. The van der Waals surface area contributed by atoms with Gasteiger partial charge in [0.15, 0.2) is 0 Å². The highest BCUT2D eigenvalue weighted by Gasteiger charge is 2.30. The van der Waals surface area contributed by atoms with Crippen LogP contribution in [0.3, 0.4) is 0 Å². The second kappa shape index (κ2) is 6.73. The molecule has 1 saturated heterocycles. The summed E-state index contributed by atoms with van der Waals surface area (Å²) in [6.07, 6.45) is 5.48. The maximum absolute atomic E-state index is 12.9. The Morgan fingerprint density at radius 2 is 2.08 bits per heavy atom. The van der Waals surface area contributed by atoms with E-state index in [-0.39, 0.29) is 12.1 Å². The molecule has 1 fully saturated rings. The van der Waals surface area contributed by atoms with Crippen LogP contribution in [0.4, 0.5) is 10.5 Å². The number of pyridine rings is 1. The zero-order valence-corrected chi connectivity index (χ0v) is 14.4. The smallest absolute Gasteiger partial charge is 0.317 e. The Morgan fingerprint density at radius 1 is 1.20 bits per heavy atom. The van der Waals surface area contributed by atoms with Crippen molar-refractivity contribution in [3.05, 3.63) is 71.5 Å². The second-order valence-corrected chi connectivity index (χ2v) is 6.68. The molecule has 1 atom stereocenters. The Kier molecular flexibility index (Phi) is 4.28. The number of hydrogen-bond acceptors (Lipinski definition) is 2. The number of fused-ring (bicyclic) bond motifs is 1. The van der Waals surface area contributed by atoms with Gasteiger partial charge in [0.25, 0.3) is 0 Å². The molecule has 4 nitrogen and oxygen atoms in total. The van der Waals surface area contributed by atoms with Crippen LogP contribution in [0.15, 0.2) is 60.9 Å². The molecule has 2 amide bonds. The highest BCUT2D eigenvalue weighted by atomic mass is 35.5. The summed E-state index contributed by atoms with van der Waals surface area (Å²) in [5, 5.41) is 5.77. The van der Waals surface area contributed by atoms with Gasteiger partial charge in [-0.15, -0.1) is 0 Å². The molecule has 0 aliphatic carbocycles. The minimum atomic E-state index is -0.0770. The van der Waals surface area contributed by atoms with Gasteiger partial charge in [0.05, 0.1) is 11.7 Å². The molecule has 1 aromatic heterocycles. The van der Waals surface area contributed by atoms with Gasteiger partial charge >= 0.3 is 6.03 Å². The zero-order chi connectivity index (χ0) is 17.2. The summed E-state index contributed by atoms with van der Waals surface area (Å²) in [5.41, 5.74) is 1.89. The van der Waals surface area contributed by atoms with Crippen LogP contribution in [0, 0.1) is 0 Å². The summed E-state index contributed by atoms with van der Waals surface area (Å²) in [6, 6.07) is 15.5. The zero-order valence-electron chi connectivity index (χ0n) is 13.7. The van der Waals surface area contributed by atoms with E-state index in [0.29, 0.717) is 5.02 Å². The van der Waals surface area contributed by atoms with Crippen LogP contribution in [0.2, 0.25) is 5.02 Å². The molecule has 0 radical (unpaired) electrons. The van der Waals surface area contributed by atoms with Gasteiger partial charge in [0, 0.05) is 34.7 Å². The predicted octanol–water partition coefficient (Wildman–Crippen LogP) is 5.26. The minimum absolute atomic E-state index is 0.0651. The van der Waals surface area contributed by atoms with E-state index in [0.717, 1.165) is 41.4 Å². The van der Waals surface area contributed by atoms with Crippen molar-refractivity contribution in [3.63, 3.8) is 0 Å². The molecule has 25 heavy (non-hydrogen) atoms. The van der Waals surface area contributed by atoms with Crippen molar-refractivity contribution in [3.8, 4) is 0 Å². The third-order valence-corrected chi connectivity index (χ3v) is 4.90. The van der Waals surface area contributed by atoms with Crippen molar-refractivity contribution in [2.75, 3.05) is 11.9 Å². The number of carbonyl (C=O) groups excluding carboxylic acids is 1. The lowest BCUT2D eigenvalue weighted by atomic mass is 10.0. The van der Waals surface area contributed by atoms with E-state index in [1.807, 2.05) is 53.4 Å². The maximum Gasteiger partial charge on any atom is 0.322 e. The van der Waals surface area contributed by atoms with Crippen molar-refractivity contribution >= 4 is 34.1 Å². The Morgan fingerprint density at radius 3 is 2.96 bits per heavy atom. The number of hydrogen-bond donors (Lipinski definition) is 1. The first-order chi connectivity index (χ1) is 12.2. The van der Waals surface area contributed by atoms with Crippen molar-refractivity contribution in [2.45, 2.75) is 18.9 Å². The van der Waals surface area contributed by atoms with E-state index >= 15 is 0 Å². The van der Waals surface area contributed by atoms with E-state index in [1.165, 1.54) is 0 Å². The molecule has 2 heterocycles. The van der Waals surface area contributed by atoms with E-state index in [4.69, 9.17) is 11.6 Å². The summed E-state index contributed by atoms with van der Waals surface area (Å²) >= 11 is 6.12. The highest BCUT2D eigenvalue weighted by Crippen LogP contribution is 2.34. The fourth-order valence-corrected chi connectivity index (χ4v) is 3.69.